The number of hydrogen-bond acceptors (Lipinski definition) is 3. The molecule has 0 saturated carbocycles. The summed E-state index contributed by atoms with van der Waals surface area (Å²) >= 11 is 0. The van der Waals surface area contributed by atoms with Crippen LogP contribution in [0.1, 0.15) is 40.5 Å². The van der Waals surface area contributed by atoms with E-state index in [1.165, 1.54) is 0 Å². The molecule has 0 aliphatic heterocycles. The first-order chi connectivity index (χ1) is 6.86. The molecular formula is C11H24N2O2. The Hall–Kier alpha value is -0.610. The lowest BCUT2D eigenvalue weighted by Gasteiger charge is -2.31. The Kier molecular flexibility index (Phi) is 5.83. The molecule has 0 aromatic heterocycles. The molecule has 1 amide bonds. The van der Waals surface area contributed by atoms with Gasteiger partial charge in [0, 0.05) is 12.1 Å². The van der Waals surface area contributed by atoms with E-state index in [9.17, 15) is 4.79 Å². The lowest BCUT2D eigenvalue weighted by Crippen LogP contribution is -2.53. The molecule has 2 atom stereocenters. The van der Waals surface area contributed by atoms with Crippen molar-refractivity contribution >= 4 is 5.91 Å². The van der Waals surface area contributed by atoms with E-state index in [4.69, 9.17) is 10.8 Å². The van der Waals surface area contributed by atoms with E-state index in [0.717, 1.165) is 6.42 Å². The maximum atomic E-state index is 11.7. The molecule has 4 heteroatoms. The van der Waals surface area contributed by atoms with Gasteiger partial charge in [0.15, 0.2) is 0 Å². The van der Waals surface area contributed by atoms with Crippen molar-refractivity contribution in [1.82, 2.24) is 5.32 Å². The number of rotatable bonds is 6. The molecule has 4 N–H and O–H groups in total. The van der Waals surface area contributed by atoms with Crippen LogP contribution in [0.2, 0.25) is 0 Å². The van der Waals surface area contributed by atoms with Crippen molar-refractivity contribution in [2.24, 2.45) is 11.7 Å². The van der Waals surface area contributed by atoms with E-state index in [1.54, 1.807) is 0 Å². The Morgan fingerprint density at radius 3 is 2.40 bits per heavy atom. The molecule has 0 aromatic rings. The number of nitrogens with one attached hydrogen (secondary N) is 1. The van der Waals surface area contributed by atoms with E-state index in [1.807, 2.05) is 27.7 Å². The van der Waals surface area contributed by atoms with Gasteiger partial charge in [0.2, 0.25) is 5.91 Å². The van der Waals surface area contributed by atoms with Gasteiger partial charge in [-0.25, -0.2) is 0 Å². The van der Waals surface area contributed by atoms with Crippen molar-refractivity contribution in [3.8, 4) is 0 Å². The van der Waals surface area contributed by atoms with Crippen LogP contribution in [-0.2, 0) is 4.79 Å². The van der Waals surface area contributed by atoms with Crippen molar-refractivity contribution in [1.29, 1.82) is 0 Å². The lowest BCUT2D eigenvalue weighted by molar-refractivity contribution is -0.125. The summed E-state index contributed by atoms with van der Waals surface area (Å²) in [7, 11) is 0. The number of aliphatic hydroxyl groups excluding tert-OH is 1. The van der Waals surface area contributed by atoms with Crippen molar-refractivity contribution < 1.29 is 9.90 Å². The van der Waals surface area contributed by atoms with E-state index in [0.29, 0.717) is 6.42 Å². The van der Waals surface area contributed by atoms with Gasteiger partial charge in [0.25, 0.3) is 0 Å². The first kappa shape index (κ1) is 14.4. The molecule has 0 spiro atoms. The van der Waals surface area contributed by atoms with E-state index in [-0.39, 0.29) is 24.0 Å². The molecule has 0 aromatic carbocycles. The van der Waals surface area contributed by atoms with Crippen molar-refractivity contribution in [3.05, 3.63) is 0 Å². The standard InChI is InChI=1S/C11H24N2O2/c1-5-11(4,6-7-14)13-10(15)9(12)8(2)3/h8-9,14H,5-7,12H2,1-4H3,(H,13,15). The highest BCUT2D eigenvalue weighted by Gasteiger charge is 2.27. The lowest BCUT2D eigenvalue weighted by atomic mass is 9.93. The summed E-state index contributed by atoms with van der Waals surface area (Å²) in [5.41, 5.74) is 5.39. The summed E-state index contributed by atoms with van der Waals surface area (Å²) in [6.07, 6.45) is 1.34. The Morgan fingerprint density at radius 1 is 1.53 bits per heavy atom. The fourth-order valence-electron chi connectivity index (χ4n) is 1.26. The minimum absolute atomic E-state index is 0.0710. The molecule has 0 rings (SSSR count). The quantitative estimate of drug-likeness (QED) is 0.610. The van der Waals surface area contributed by atoms with Crippen molar-refractivity contribution in [3.63, 3.8) is 0 Å². The monoisotopic (exact) mass is 216 g/mol. The Morgan fingerprint density at radius 2 is 2.07 bits per heavy atom. The molecule has 15 heavy (non-hydrogen) atoms. The van der Waals surface area contributed by atoms with Crippen LogP contribution in [0.15, 0.2) is 0 Å². The zero-order chi connectivity index (χ0) is 12.1. The van der Waals surface area contributed by atoms with E-state index < -0.39 is 6.04 Å². The Labute approximate surface area is 92.2 Å². The van der Waals surface area contributed by atoms with Gasteiger partial charge in [-0.15, -0.1) is 0 Å². The van der Waals surface area contributed by atoms with Gasteiger partial charge in [0.1, 0.15) is 0 Å². The molecule has 0 bridgehead atoms. The van der Waals surface area contributed by atoms with Crippen LogP contribution in [0.25, 0.3) is 0 Å². The SMILES string of the molecule is CCC(C)(CCO)NC(=O)C(N)C(C)C. The molecule has 0 radical (unpaired) electrons. The highest BCUT2D eigenvalue weighted by molar-refractivity contribution is 5.82. The third-order valence-electron chi connectivity index (χ3n) is 2.89. The van der Waals surface area contributed by atoms with Crippen LogP contribution in [0.5, 0.6) is 0 Å². The summed E-state index contributed by atoms with van der Waals surface area (Å²) in [5, 5.41) is 11.8. The number of carbonyl (C=O) groups is 1. The zero-order valence-electron chi connectivity index (χ0n) is 10.2. The third-order valence-corrected chi connectivity index (χ3v) is 2.89. The number of carbonyl (C=O) groups excluding carboxylic acids is 1. The number of nitrogens with two attached hydrogens (primary N) is 1. The summed E-state index contributed by atoms with van der Waals surface area (Å²) < 4.78 is 0. The Balaban J connectivity index is 4.36. The summed E-state index contributed by atoms with van der Waals surface area (Å²) in [6, 6.07) is -0.477. The van der Waals surface area contributed by atoms with Crippen LogP contribution >= 0.6 is 0 Å². The fourth-order valence-corrected chi connectivity index (χ4v) is 1.26. The number of amides is 1. The van der Waals surface area contributed by atoms with Crippen molar-refractivity contribution in [2.75, 3.05) is 6.61 Å². The van der Waals surface area contributed by atoms with Crippen LogP contribution in [0.3, 0.4) is 0 Å². The average Bonchev–Trinajstić information content (AvgIpc) is 2.16. The van der Waals surface area contributed by atoms with Gasteiger partial charge in [-0.2, -0.15) is 0 Å². The van der Waals surface area contributed by atoms with Gasteiger partial charge >= 0.3 is 0 Å². The Bertz CT molecular complexity index is 207. The van der Waals surface area contributed by atoms with Gasteiger partial charge < -0.3 is 16.2 Å². The minimum atomic E-state index is -0.477. The van der Waals surface area contributed by atoms with Crippen LogP contribution < -0.4 is 11.1 Å². The van der Waals surface area contributed by atoms with Gasteiger partial charge in [-0.05, 0) is 25.7 Å². The first-order valence-corrected chi connectivity index (χ1v) is 5.54. The molecule has 0 aliphatic carbocycles. The van der Waals surface area contributed by atoms with Crippen LogP contribution in [0, 0.1) is 5.92 Å². The highest BCUT2D eigenvalue weighted by atomic mass is 16.3. The average molecular weight is 216 g/mol. The predicted octanol–water partition coefficient (Wildman–Crippen LogP) is 0.637. The molecule has 0 fully saturated rings. The highest BCUT2D eigenvalue weighted by Crippen LogP contribution is 2.14. The fraction of sp³-hybridized carbons (Fsp3) is 0.909. The van der Waals surface area contributed by atoms with Crippen LogP contribution in [-0.4, -0.2) is 29.2 Å². The second kappa shape index (κ2) is 6.08. The maximum absolute atomic E-state index is 11.7. The molecule has 0 heterocycles. The van der Waals surface area contributed by atoms with Crippen LogP contribution in [0.4, 0.5) is 0 Å². The summed E-state index contributed by atoms with van der Waals surface area (Å²) in [6.45, 7) is 7.81. The second-order valence-electron chi connectivity index (χ2n) is 4.65. The van der Waals surface area contributed by atoms with Gasteiger partial charge in [-0.3, -0.25) is 4.79 Å². The molecule has 2 unspecified atom stereocenters. The molecule has 4 nitrogen and oxygen atoms in total. The third kappa shape index (κ3) is 4.62. The largest absolute Gasteiger partial charge is 0.396 e. The zero-order valence-corrected chi connectivity index (χ0v) is 10.2. The second-order valence-corrected chi connectivity index (χ2v) is 4.65. The molecular weight excluding hydrogens is 192 g/mol. The minimum Gasteiger partial charge on any atom is -0.396 e. The van der Waals surface area contributed by atoms with Gasteiger partial charge in [-0.1, -0.05) is 20.8 Å². The molecule has 0 aliphatic rings. The topological polar surface area (TPSA) is 75.3 Å². The number of aliphatic hydroxyl groups is 1. The van der Waals surface area contributed by atoms with Gasteiger partial charge in [0.05, 0.1) is 6.04 Å². The molecule has 90 valence electrons. The smallest absolute Gasteiger partial charge is 0.237 e. The first-order valence-electron chi connectivity index (χ1n) is 5.54. The summed E-state index contributed by atoms with van der Waals surface area (Å²) in [4.78, 5) is 11.7. The molecule has 0 saturated heterocycles. The van der Waals surface area contributed by atoms with E-state index >= 15 is 0 Å². The van der Waals surface area contributed by atoms with Crippen molar-refractivity contribution in [2.45, 2.75) is 52.1 Å². The maximum Gasteiger partial charge on any atom is 0.237 e. The van der Waals surface area contributed by atoms with E-state index in [2.05, 4.69) is 5.32 Å². The number of hydrogen-bond donors (Lipinski definition) is 3. The predicted molar refractivity (Wildman–Crippen MR) is 61.4 cm³/mol. The normalized spacial score (nSPS) is 17.3. The summed E-state index contributed by atoms with van der Waals surface area (Å²) in [5.74, 6) is -0.0111.